The van der Waals surface area contributed by atoms with Gasteiger partial charge in [0.05, 0.1) is 5.69 Å². The predicted molar refractivity (Wildman–Crippen MR) is 117 cm³/mol. The molecule has 0 radical (unpaired) electrons. The lowest BCUT2D eigenvalue weighted by Crippen LogP contribution is -2.32. The summed E-state index contributed by atoms with van der Waals surface area (Å²) >= 11 is 6.19. The number of benzene rings is 1. The number of fused-ring (bicyclic) bond motifs is 1. The summed E-state index contributed by atoms with van der Waals surface area (Å²) < 4.78 is 15.8. The fourth-order valence-corrected chi connectivity index (χ4v) is 4.26. The van der Waals surface area contributed by atoms with E-state index in [-0.39, 0.29) is 11.4 Å². The summed E-state index contributed by atoms with van der Waals surface area (Å²) in [4.78, 5) is 24.7. The molecule has 1 aliphatic rings. The molecule has 0 amide bonds. The first-order valence-electron chi connectivity index (χ1n) is 10.3. The molecule has 1 aliphatic heterocycles. The van der Waals surface area contributed by atoms with Crippen LogP contribution in [0.15, 0.2) is 23.0 Å². The Morgan fingerprint density at radius 1 is 1.23 bits per heavy atom. The van der Waals surface area contributed by atoms with Crippen LogP contribution in [0.3, 0.4) is 0 Å². The molecule has 4 rings (SSSR count). The largest absolute Gasteiger partial charge is 0.341 e. The van der Waals surface area contributed by atoms with Crippen molar-refractivity contribution < 1.29 is 4.39 Å². The molecule has 0 atom stereocenters. The molecule has 0 bridgehead atoms. The number of rotatable bonds is 5. The maximum absolute atomic E-state index is 14.2. The van der Waals surface area contributed by atoms with Crippen LogP contribution in [0, 0.1) is 5.82 Å². The summed E-state index contributed by atoms with van der Waals surface area (Å²) in [5.41, 5.74) is 2.39. The van der Waals surface area contributed by atoms with E-state index in [1.54, 1.807) is 23.9 Å². The number of nitrogens with zero attached hydrogens (tertiary/aromatic N) is 5. The Bertz CT molecular complexity index is 1090. The van der Waals surface area contributed by atoms with E-state index in [0.717, 1.165) is 44.6 Å². The molecule has 0 unspecified atom stereocenters. The topological polar surface area (TPSA) is 70.1 Å². The second kappa shape index (κ2) is 8.73. The molecule has 1 aromatic carbocycles. The Morgan fingerprint density at radius 3 is 2.83 bits per heavy atom. The van der Waals surface area contributed by atoms with E-state index in [4.69, 9.17) is 16.6 Å². The minimum absolute atomic E-state index is 0.174. The molecule has 1 N–H and O–H groups in total. The van der Waals surface area contributed by atoms with Gasteiger partial charge < -0.3 is 4.90 Å². The van der Waals surface area contributed by atoms with Gasteiger partial charge in [-0.1, -0.05) is 31.0 Å². The van der Waals surface area contributed by atoms with Crippen LogP contribution in [0.2, 0.25) is 5.02 Å². The van der Waals surface area contributed by atoms with Gasteiger partial charge in [-0.05, 0) is 25.0 Å². The zero-order valence-corrected chi connectivity index (χ0v) is 18.0. The van der Waals surface area contributed by atoms with Crippen LogP contribution in [0.1, 0.15) is 31.0 Å². The highest BCUT2D eigenvalue weighted by molar-refractivity contribution is 6.31. The van der Waals surface area contributed by atoms with Crippen molar-refractivity contribution >= 4 is 28.6 Å². The summed E-state index contributed by atoms with van der Waals surface area (Å²) in [6, 6.07) is 4.78. The molecule has 1 fully saturated rings. The number of anilines is 1. The van der Waals surface area contributed by atoms with Crippen molar-refractivity contribution in [3.05, 3.63) is 50.7 Å². The SMILES string of the molecule is CCCc1nn(C)c2c(=O)[nH]c(N3CCCN(Cc4c(F)cccc4Cl)CC3)nc12. The van der Waals surface area contributed by atoms with E-state index in [2.05, 4.69) is 26.8 Å². The van der Waals surface area contributed by atoms with Crippen LogP contribution in [0.25, 0.3) is 11.0 Å². The maximum Gasteiger partial charge on any atom is 0.278 e. The van der Waals surface area contributed by atoms with Gasteiger partial charge in [-0.15, -0.1) is 0 Å². The predicted octanol–water partition coefficient (Wildman–Crippen LogP) is 3.11. The van der Waals surface area contributed by atoms with Gasteiger partial charge in [0.25, 0.3) is 5.56 Å². The number of halogens is 2. The van der Waals surface area contributed by atoms with E-state index >= 15 is 0 Å². The zero-order valence-electron chi connectivity index (χ0n) is 17.3. The molecule has 7 nitrogen and oxygen atoms in total. The molecule has 3 heterocycles. The lowest BCUT2D eigenvalue weighted by atomic mass is 10.2. The van der Waals surface area contributed by atoms with E-state index in [1.165, 1.54) is 6.07 Å². The Morgan fingerprint density at radius 2 is 2.07 bits per heavy atom. The maximum atomic E-state index is 14.2. The first kappa shape index (κ1) is 20.8. The first-order chi connectivity index (χ1) is 14.5. The Kier molecular flexibility index (Phi) is 6.06. The van der Waals surface area contributed by atoms with Gasteiger partial charge in [-0.25, -0.2) is 9.37 Å². The normalized spacial score (nSPS) is 15.7. The summed E-state index contributed by atoms with van der Waals surface area (Å²) in [5, 5.41) is 4.93. The van der Waals surface area contributed by atoms with Gasteiger partial charge in [0.1, 0.15) is 11.3 Å². The number of aromatic nitrogens is 4. The van der Waals surface area contributed by atoms with Gasteiger partial charge in [0, 0.05) is 50.4 Å². The summed E-state index contributed by atoms with van der Waals surface area (Å²) in [7, 11) is 1.77. The van der Waals surface area contributed by atoms with Gasteiger partial charge >= 0.3 is 0 Å². The second-order valence-corrected chi connectivity index (χ2v) is 8.13. The molecule has 30 heavy (non-hydrogen) atoms. The van der Waals surface area contributed by atoms with Crippen LogP contribution in [0.4, 0.5) is 10.3 Å². The number of aryl methyl sites for hydroxylation is 2. The van der Waals surface area contributed by atoms with Crippen molar-refractivity contribution in [3.63, 3.8) is 0 Å². The highest BCUT2D eigenvalue weighted by Gasteiger charge is 2.21. The average molecular weight is 433 g/mol. The fourth-order valence-electron chi connectivity index (χ4n) is 4.04. The smallest absolute Gasteiger partial charge is 0.278 e. The quantitative estimate of drug-likeness (QED) is 0.670. The van der Waals surface area contributed by atoms with Crippen LogP contribution < -0.4 is 10.5 Å². The number of hydrogen-bond donors (Lipinski definition) is 1. The molecule has 0 saturated carbocycles. The van der Waals surface area contributed by atoms with Crippen molar-refractivity contribution in [2.24, 2.45) is 7.05 Å². The molecular weight excluding hydrogens is 407 g/mol. The molecule has 9 heteroatoms. The number of hydrogen-bond acceptors (Lipinski definition) is 5. The summed E-state index contributed by atoms with van der Waals surface area (Å²) in [6.07, 6.45) is 2.60. The van der Waals surface area contributed by atoms with E-state index < -0.39 is 0 Å². The third-order valence-corrected chi connectivity index (χ3v) is 5.92. The standard InChI is InChI=1S/C21H26ClFN6O/c1-3-6-17-18-19(27(2)26-17)20(30)25-21(24-18)29-10-5-9-28(11-12-29)13-14-15(22)7-4-8-16(14)23/h4,7-8H,3,5-6,9-13H2,1-2H3,(H,24,25,30). The van der Waals surface area contributed by atoms with Crippen molar-refractivity contribution in [1.29, 1.82) is 0 Å². The fraction of sp³-hybridized carbons (Fsp3) is 0.476. The second-order valence-electron chi connectivity index (χ2n) is 7.72. The lowest BCUT2D eigenvalue weighted by molar-refractivity contribution is 0.281. The molecule has 160 valence electrons. The van der Waals surface area contributed by atoms with Crippen molar-refractivity contribution in [1.82, 2.24) is 24.6 Å². The van der Waals surface area contributed by atoms with Crippen LogP contribution in [-0.4, -0.2) is 50.8 Å². The Balaban J connectivity index is 1.55. The van der Waals surface area contributed by atoms with Crippen molar-refractivity contribution in [3.8, 4) is 0 Å². The highest BCUT2D eigenvalue weighted by atomic mass is 35.5. The zero-order chi connectivity index (χ0) is 21.3. The molecule has 0 spiro atoms. The lowest BCUT2D eigenvalue weighted by Gasteiger charge is -2.22. The van der Waals surface area contributed by atoms with E-state index in [0.29, 0.717) is 40.7 Å². The first-order valence-corrected chi connectivity index (χ1v) is 10.7. The summed E-state index contributed by atoms with van der Waals surface area (Å²) in [6.45, 7) is 5.54. The van der Waals surface area contributed by atoms with Gasteiger partial charge in [-0.2, -0.15) is 5.10 Å². The minimum atomic E-state index is -0.278. The Labute approximate surface area is 179 Å². The van der Waals surface area contributed by atoms with Crippen LogP contribution >= 0.6 is 11.6 Å². The molecule has 1 saturated heterocycles. The molecule has 0 aliphatic carbocycles. The average Bonchev–Trinajstić information content (AvgIpc) is 2.88. The van der Waals surface area contributed by atoms with Crippen molar-refractivity contribution in [2.75, 3.05) is 31.1 Å². The summed E-state index contributed by atoms with van der Waals surface area (Å²) in [5.74, 6) is 0.295. The van der Waals surface area contributed by atoms with Crippen molar-refractivity contribution in [2.45, 2.75) is 32.7 Å². The van der Waals surface area contributed by atoms with E-state index in [1.807, 2.05) is 0 Å². The monoisotopic (exact) mass is 432 g/mol. The molecule has 3 aromatic rings. The van der Waals surface area contributed by atoms with Crippen LogP contribution in [-0.2, 0) is 20.0 Å². The van der Waals surface area contributed by atoms with Gasteiger partial charge in [-0.3, -0.25) is 19.4 Å². The van der Waals surface area contributed by atoms with E-state index in [9.17, 15) is 9.18 Å². The highest BCUT2D eigenvalue weighted by Crippen LogP contribution is 2.22. The minimum Gasteiger partial charge on any atom is -0.341 e. The van der Waals surface area contributed by atoms with Crippen LogP contribution in [0.5, 0.6) is 0 Å². The third kappa shape index (κ3) is 4.06. The number of nitrogens with one attached hydrogen (secondary N) is 1. The molecular formula is C21H26ClFN6O. The molecule has 2 aromatic heterocycles. The third-order valence-electron chi connectivity index (χ3n) is 5.57. The van der Waals surface area contributed by atoms with Gasteiger partial charge in [0.15, 0.2) is 5.52 Å². The number of aromatic amines is 1. The number of H-pyrrole nitrogens is 1. The Hall–Kier alpha value is -2.45. The van der Waals surface area contributed by atoms with Gasteiger partial charge in [0.2, 0.25) is 5.95 Å².